The summed E-state index contributed by atoms with van der Waals surface area (Å²) in [4.78, 5) is 10.7. The van der Waals surface area contributed by atoms with Crippen molar-refractivity contribution in [2.24, 2.45) is 9.98 Å². The number of rotatable bonds is 25. The maximum atomic E-state index is 5.34. The van der Waals surface area contributed by atoms with Crippen molar-refractivity contribution in [1.29, 1.82) is 0 Å². The van der Waals surface area contributed by atoms with Crippen molar-refractivity contribution < 1.29 is 16.5 Å². The minimum atomic E-state index is -1.22. The molecule has 0 N–H and O–H groups in total. The Morgan fingerprint density at radius 2 is 1.00 bits per heavy atom. The van der Waals surface area contributed by atoms with E-state index in [1.54, 1.807) is 0 Å². The molecule has 2 aromatic carbocycles. The molecular formula is C43H72N2NiSi2. The second kappa shape index (κ2) is 25.4. The molecule has 0 aromatic heterocycles. The largest absolute Gasteiger partial charge is 0.251 e. The molecule has 0 amide bonds. The molecule has 48 heavy (non-hydrogen) atoms. The molecule has 0 saturated heterocycles. The second-order valence-corrected chi connectivity index (χ2v) is 27.4. The second-order valence-electron chi connectivity index (χ2n) is 16.4. The zero-order chi connectivity index (χ0) is 34.4. The molecule has 5 heteroatoms. The smallest absolute Gasteiger partial charge is 0.0848 e. The number of allylic oxidation sites excluding steroid dienone is 2. The van der Waals surface area contributed by atoms with Gasteiger partial charge in [-0.25, -0.2) is 4.99 Å². The van der Waals surface area contributed by atoms with Crippen LogP contribution in [0.1, 0.15) is 134 Å². The Morgan fingerprint density at radius 3 is 1.48 bits per heavy atom. The Morgan fingerprint density at radius 1 is 0.562 bits per heavy atom. The summed E-state index contributed by atoms with van der Waals surface area (Å²) in [6.07, 6.45) is 27.0. The van der Waals surface area contributed by atoms with Crippen molar-refractivity contribution in [1.82, 2.24) is 0 Å². The number of hydrogen-bond donors (Lipinski definition) is 0. The molecule has 0 spiro atoms. The van der Waals surface area contributed by atoms with Gasteiger partial charge in [0.2, 0.25) is 0 Å². The van der Waals surface area contributed by atoms with Gasteiger partial charge in [-0.05, 0) is 79.2 Å². The first-order valence-corrected chi connectivity index (χ1v) is 26.9. The van der Waals surface area contributed by atoms with E-state index in [0.29, 0.717) is 0 Å². The fraction of sp³-hybridized carbons (Fsp3) is 0.628. The van der Waals surface area contributed by atoms with Gasteiger partial charge in [0.1, 0.15) is 0 Å². The normalized spacial score (nSPS) is 12.9. The van der Waals surface area contributed by atoms with Gasteiger partial charge in [0.15, 0.2) is 0 Å². The molecule has 2 nitrogen and oxygen atoms in total. The predicted octanol–water partition coefficient (Wildman–Crippen LogP) is 14.6. The molecule has 0 radical (unpaired) electrons. The third-order valence-electron chi connectivity index (χ3n) is 8.62. The molecule has 2 rings (SSSR count). The fourth-order valence-corrected chi connectivity index (χ4v) is 9.16. The van der Waals surface area contributed by atoms with E-state index in [-0.39, 0.29) is 16.5 Å². The van der Waals surface area contributed by atoms with Crippen LogP contribution in [0.5, 0.6) is 0 Å². The first-order valence-electron chi connectivity index (χ1n) is 19.5. The molecule has 0 unspecified atom stereocenters. The molecule has 0 aliphatic rings. The number of nitrogens with zero attached hydrogens (tertiary/aromatic N) is 2. The van der Waals surface area contributed by atoms with Crippen LogP contribution < -0.4 is 0 Å². The van der Waals surface area contributed by atoms with E-state index in [4.69, 9.17) is 9.98 Å². The summed E-state index contributed by atoms with van der Waals surface area (Å²) in [5.74, 6) is 0. The summed E-state index contributed by atoms with van der Waals surface area (Å²) in [6, 6.07) is 20.3. The zero-order valence-corrected chi connectivity index (χ0v) is 35.4. The van der Waals surface area contributed by atoms with E-state index >= 15 is 0 Å². The van der Waals surface area contributed by atoms with E-state index in [1.807, 2.05) is 0 Å². The maximum absolute atomic E-state index is 5.34. The minimum absolute atomic E-state index is 0. The Hall–Kier alpha value is -1.55. The van der Waals surface area contributed by atoms with Gasteiger partial charge in [-0.1, -0.05) is 167 Å². The van der Waals surface area contributed by atoms with E-state index in [1.165, 1.54) is 113 Å². The molecule has 0 aliphatic carbocycles. The molecule has 2 aromatic rings. The topological polar surface area (TPSA) is 24.7 Å². The van der Waals surface area contributed by atoms with E-state index < -0.39 is 16.1 Å². The molecule has 0 fully saturated rings. The van der Waals surface area contributed by atoms with Crippen LogP contribution in [0.2, 0.25) is 39.3 Å². The van der Waals surface area contributed by atoms with Crippen LogP contribution in [0, 0.1) is 0 Å². The van der Waals surface area contributed by atoms with Crippen molar-refractivity contribution in [2.75, 3.05) is 0 Å². The monoisotopic (exact) mass is 730 g/mol. The fourth-order valence-electron chi connectivity index (χ4n) is 6.27. The summed E-state index contributed by atoms with van der Waals surface area (Å²) < 4.78 is 0. The average molecular weight is 732 g/mol. The molecule has 0 saturated carbocycles. The van der Waals surface area contributed by atoms with Crippen molar-refractivity contribution in [3.8, 4) is 0 Å². The quantitative estimate of drug-likeness (QED) is 0.0552. The molecule has 0 heterocycles. The molecule has 0 atom stereocenters. The summed E-state index contributed by atoms with van der Waals surface area (Å²) >= 11 is 0. The molecule has 272 valence electrons. The maximum Gasteiger partial charge on any atom is 0.0848 e. The molecule has 0 bridgehead atoms. The Labute approximate surface area is 310 Å². The van der Waals surface area contributed by atoms with Crippen LogP contribution in [-0.2, 0) is 28.6 Å². The van der Waals surface area contributed by atoms with Crippen LogP contribution in [-0.4, -0.2) is 27.6 Å². The number of hydrogen-bond acceptors (Lipinski definition) is 2. The van der Waals surface area contributed by atoms with Crippen LogP contribution >= 0.6 is 0 Å². The van der Waals surface area contributed by atoms with Gasteiger partial charge >= 0.3 is 0 Å². The first-order chi connectivity index (χ1) is 22.5. The Balaban J connectivity index is 0.0000115. The third kappa shape index (κ3) is 22.2. The SMILES string of the molecule is CCCCCCCCCCCCCC/C=C/C(=N\c1cccc(C[Si](C)(C)C)c1)C(/CCCCC)=N/c1cccc(C[Si](C)(C)C)c1.[Ni]. The minimum Gasteiger partial charge on any atom is -0.251 e. The van der Waals surface area contributed by atoms with Crippen LogP contribution in [0.3, 0.4) is 0 Å². The molecule has 0 aliphatic heterocycles. The summed E-state index contributed by atoms with van der Waals surface area (Å²) in [5, 5.41) is 0. The van der Waals surface area contributed by atoms with Crippen molar-refractivity contribution >= 4 is 38.9 Å². The van der Waals surface area contributed by atoms with Gasteiger partial charge in [0, 0.05) is 32.6 Å². The zero-order valence-electron chi connectivity index (χ0n) is 32.4. The summed E-state index contributed by atoms with van der Waals surface area (Å²) in [6.45, 7) is 19.3. The van der Waals surface area contributed by atoms with E-state index in [0.717, 1.165) is 42.1 Å². The van der Waals surface area contributed by atoms with Gasteiger partial charge in [-0.15, -0.1) is 0 Å². The van der Waals surface area contributed by atoms with Crippen molar-refractivity contribution in [3.05, 3.63) is 71.8 Å². The van der Waals surface area contributed by atoms with E-state index in [9.17, 15) is 0 Å². The summed E-state index contributed by atoms with van der Waals surface area (Å²) in [5.41, 5.74) is 7.13. The Kier molecular flexibility index (Phi) is 23.5. The van der Waals surface area contributed by atoms with Gasteiger partial charge in [0.25, 0.3) is 0 Å². The Bertz CT molecular complexity index is 1220. The van der Waals surface area contributed by atoms with Gasteiger partial charge in [-0.2, -0.15) is 0 Å². The number of unbranched alkanes of at least 4 members (excludes halogenated alkanes) is 14. The van der Waals surface area contributed by atoms with Gasteiger partial charge in [0.05, 0.1) is 22.8 Å². The summed E-state index contributed by atoms with van der Waals surface area (Å²) in [7, 11) is -2.42. The number of aliphatic imine (C=N–C) groups is 2. The first kappa shape index (κ1) is 44.5. The standard InChI is InChI=1S/C43H72N2Si2.Ni/c1-9-11-13-14-15-16-17-18-19-20-21-22-23-25-33-43(45-41-31-27-29-39(35-41)37-47(6,7)8)42(32-24-12-10-2)44-40-30-26-28-38(34-40)36-46(3,4)5;/h25-31,33-35H,9-24,32,36-37H2,1-8H3;/b33-25+,44-42+,45-43+;. The van der Waals surface area contributed by atoms with Gasteiger partial charge < -0.3 is 0 Å². The van der Waals surface area contributed by atoms with Crippen LogP contribution in [0.25, 0.3) is 0 Å². The molecular weight excluding hydrogens is 659 g/mol. The van der Waals surface area contributed by atoms with Crippen molar-refractivity contribution in [3.63, 3.8) is 0 Å². The predicted molar refractivity (Wildman–Crippen MR) is 220 cm³/mol. The van der Waals surface area contributed by atoms with Crippen LogP contribution in [0.4, 0.5) is 11.4 Å². The third-order valence-corrected chi connectivity index (χ3v) is 11.6. The van der Waals surface area contributed by atoms with E-state index in [2.05, 4.69) is 114 Å². The van der Waals surface area contributed by atoms with Gasteiger partial charge in [-0.3, -0.25) is 4.99 Å². The van der Waals surface area contributed by atoms with Crippen molar-refractivity contribution in [2.45, 2.75) is 174 Å². The van der Waals surface area contributed by atoms with Crippen LogP contribution in [0.15, 0.2) is 70.7 Å². The number of benzene rings is 2. The average Bonchev–Trinajstić information content (AvgIpc) is 2.99.